The van der Waals surface area contributed by atoms with Crippen LogP contribution < -0.4 is 0 Å². The van der Waals surface area contributed by atoms with Gasteiger partial charge in [-0.3, -0.25) is 0 Å². The van der Waals surface area contributed by atoms with E-state index < -0.39 is 5.97 Å². The molecule has 0 aliphatic rings. The Morgan fingerprint density at radius 2 is 2.15 bits per heavy atom. The van der Waals surface area contributed by atoms with Gasteiger partial charge in [0.15, 0.2) is 10.8 Å². The van der Waals surface area contributed by atoms with Crippen LogP contribution in [0.15, 0.2) is 12.1 Å². The largest absolute Gasteiger partial charge is 0.458 e. The maximum atomic E-state index is 11.2. The summed E-state index contributed by atoms with van der Waals surface area (Å²) in [5, 5.41) is 7.35. The Morgan fingerprint density at radius 3 is 2.62 bits per heavy atom. The van der Waals surface area contributed by atoms with E-state index in [2.05, 4.69) is 10.2 Å². The van der Waals surface area contributed by atoms with Crippen LogP contribution in [0.25, 0.3) is 0 Å². The molecule has 0 N–H and O–H groups in total. The quantitative estimate of drug-likeness (QED) is 0.682. The molecule has 0 aromatic carbocycles. The van der Waals surface area contributed by atoms with Gasteiger partial charge in [0.1, 0.15) is 0 Å². The topological polar surface area (TPSA) is 52.1 Å². The Labute approximate surface area is 80.9 Å². The van der Waals surface area contributed by atoms with Crippen LogP contribution in [0.4, 0.5) is 0 Å². The summed E-state index contributed by atoms with van der Waals surface area (Å²) >= 11 is 5.50. The number of halogens is 1. The number of nitrogens with zero attached hydrogens (tertiary/aromatic N) is 2. The highest BCUT2D eigenvalue weighted by Crippen LogP contribution is 2.04. The van der Waals surface area contributed by atoms with E-state index in [1.165, 1.54) is 12.1 Å². The normalized spacial score (nSPS) is 10.2. The van der Waals surface area contributed by atoms with Gasteiger partial charge in [0, 0.05) is 0 Å². The van der Waals surface area contributed by atoms with E-state index >= 15 is 0 Å². The third-order valence-electron chi connectivity index (χ3n) is 1.18. The number of rotatable bonds is 2. The highest BCUT2D eigenvalue weighted by Gasteiger charge is 2.10. The van der Waals surface area contributed by atoms with Crippen molar-refractivity contribution in [2.45, 2.75) is 20.0 Å². The predicted octanol–water partition coefficient (Wildman–Crippen LogP) is 1.70. The molecule has 70 valence electrons. The van der Waals surface area contributed by atoms with Gasteiger partial charge in [-0.2, -0.15) is 0 Å². The molecule has 0 unspecified atom stereocenters. The highest BCUT2D eigenvalue weighted by atomic mass is 35.5. The number of hydrogen-bond donors (Lipinski definition) is 0. The lowest BCUT2D eigenvalue weighted by molar-refractivity contribution is 0.0369. The summed E-state index contributed by atoms with van der Waals surface area (Å²) < 4.78 is 4.89. The third kappa shape index (κ3) is 2.99. The maximum Gasteiger partial charge on any atom is 0.359 e. The minimum Gasteiger partial charge on any atom is -0.458 e. The van der Waals surface area contributed by atoms with Crippen molar-refractivity contribution in [2.24, 2.45) is 0 Å². The van der Waals surface area contributed by atoms with Crippen LogP contribution in [0.1, 0.15) is 24.3 Å². The molecule has 1 rings (SSSR count). The summed E-state index contributed by atoms with van der Waals surface area (Å²) in [6.07, 6.45) is -0.162. The minimum atomic E-state index is -0.487. The highest BCUT2D eigenvalue weighted by molar-refractivity contribution is 6.29. The molecular formula is C8H9ClN2O2. The molecule has 0 saturated heterocycles. The van der Waals surface area contributed by atoms with Gasteiger partial charge in [-0.25, -0.2) is 4.79 Å². The molecule has 0 atom stereocenters. The summed E-state index contributed by atoms with van der Waals surface area (Å²) in [5.74, 6) is -0.487. The first-order valence-electron chi connectivity index (χ1n) is 3.80. The molecule has 1 heterocycles. The molecule has 1 aromatic rings. The average molecular weight is 201 g/mol. The lowest BCUT2D eigenvalue weighted by Gasteiger charge is -2.05. The molecule has 4 nitrogen and oxygen atoms in total. The molecule has 0 fully saturated rings. The van der Waals surface area contributed by atoms with E-state index in [4.69, 9.17) is 16.3 Å². The van der Waals surface area contributed by atoms with Crippen molar-refractivity contribution in [3.63, 3.8) is 0 Å². The van der Waals surface area contributed by atoms with Crippen molar-refractivity contribution in [3.05, 3.63) is 23.0 Å². The molecule has 13 heavy (non-hydrogen) atoms. The van der Waals surface area contributed by atoms with E-state index in [1.54, 1.807) is 13.8 Å². The fraction of sp³-hybridized carbons (Fsp3) is 0.375. The number of carbonyl (C=O) groups is 1. The molecule has 0 aliphatic carbocycles. The van der Waals surface area contributed by atoms with Crippen molar-refractivity contribution in [1.29, 1.82) is 0 Å². The Bertz CT molecular complexity index is 298. The molecule has 0 saturated carbocycles. The molecule has 5 heteroatoms. The summed E-state index contributed by atoms with van der Waals surface area (Å²) in [5.41, 5.74) is 0.165. The van der Waals surface area contributed by atoms with E-state index in [0.717, 1.165) is 0 Å². The maximum absolute atomic E-state index is 11.2. The van der Waals surface area contributed by atoms with Gasteiger partial charge in [-0.1, -0.05) is 11.6 Å². The molecule has 0 radical (unpaired) electrons. The first-order chi connectivity index (χ1) is 6.09. The third-order valence-corrected chi connectivity index (χ3v) is 1.39. The number of hydrogen-bond acceptors (Lipinski definition) is 4. The zero-order valence-electron chi connectivity index (χ0n) is 7.32. The zero-order valence-corrected chi connectivity index (χ0v) is 8.08. The number of carbonyl (C=O) groups excluding carboxylic acids is 1. The van der Waals surface area contributed by atoms with Crippen LogP contribution >= 0.6 is 11.6 Å². The summed E-state index contributed by atoms with van der Waals surface area (Å²) in [7, 11) is 0. The van der Waals surface area contributed by atoms with Crippen LogP contribution in [0.5, 0.6) is 0 Å². The van der Waals surface area contributed by atoms with Crippen LogP contribution in [0, 0.1) is 0 Å². The lowest BCUT2D eigenvalue weighted by Crippen LogP contribution is -2.13. The molecule has 0 spiro atoms. The standard InChI is InChI=1S/C8H9ClN2O2/c1-5(2)13-8(12)6-3-4-7(9)11-10-6/h3-5H,1-2H3. The second-order valence-electron chi connectivity index (χ2n) is 2.70. The summed E-state index contributed by atoms with van der Waals surface area (Å²) in [6.45, 7) is 3.53. The van der Waals surface area contributed by atoms with Gasteiger partial charge in [0.2, 0.25) is 0 Å². The van der Waals surface area contributed by atoms with Crippen LogP contribution in [-0.2, 0) is 4.74 Å². The summed E-state index contributed by atoms with van der Waals surface area (Å²) in [4.78, 5) is 11.2. The van der Waals surface area contributed by atoms with Crippen LogP contribution in [0.2, 0.25) is 5.15 Å². The smallest absolute Gasteiger partial charge is 0.359 e. The number of esters is 1. The first kappa shape index (κ1) is 9.92. The minimum absolute atomic E-state index is 0.162. The molecular weight excluding hydrogens is 192 g/mol. The molecule has 0 bridgehead atoms. The van der Waals surface area contributed by atoms with Gasteiger partial charge >= 0.3 is 5.97 Å². The monoisotopic (exact) mass is 200 g/mol. The van der Waals surface area contributed by atoms with Gasteiger partial charge in [0.05, 0.1) is 6.10 Å². The van der Waals surface area contributed by atoms with E-state index in [-0.39, 0.29) is 17.0 Å². The SMILES string of the molecule is CC(C)OC(=O)c1ccc(Cl)nn1. The Kier molecular flexibility index (Phi) is 3.19. The van der Waals surface area contributed by atoms with Crippen molar-refractivity contribution in [3.8, 4) is 0 Å². The summed E-state index contributed by atoms with van der Waals surface area (Å²) in [6, 6.07) is 2.96. The van der Waals surface area contributed by atoms with Crippen molar-refractivity contribution in [2.75, 3.05) is 0 Å². The zero-order chi connectivity index (χ0) is 9.84. The second kappa shape index (κ2) is 4.18. The number of ether oxygens (including phenoxy) is 1. The lowest BCUT2D eigenvalue weighted by atomic mass is 10.4. The van der Waals surface area contributed by atoms with Gasteiger partial charge < -0.3 is 4.74 Å². The Morgan fingerprint density at radius 1 is 1.46 bits per heavy atom. The van der Waals surface area contributed by atoms with Crippen molar-refractivity contribution >= 4 is 17.6 Å². The van der Waals surface area contributed by atoms with Crippen LogP contribution in [-0.4, -0.2) is 22.3 Å². The van der Waals surface area contributed by atoms with Gasteiger partial charge in [-0.05, 0) is 26.0 Å². The van der Waals surface area contributed by atoms with Crippen molar-refractivity contribution in [1.82, 2.24) is 10.2 Å². The van der Waals surface area contributed by atoms with E-state index in [0.29, 0.717) is 0 Å². The number of aromatic nitrogens is 2. The van der Waals surface area contributed by atoms with Crippen molar-refractivity contribution < 1.29 is 9.53 Å². The first-order valence-corrected chi connectivity index (χ1v) is 4.17. The van der Waals surface area contributed by atoms with Gasteiger partial charge in [-0.15, -0.1) is 10.2 Å². The van der Waals surface area contributed by atoms with Gasteiger partial charge in [0.25, 0.3) is 0 Å². The predicted molar refractivity (Wildman–Crippen MR) is 47.6 cm³/mol. The molecule has 1 aromatic heterocycles. The average Bonchev–Trinajstić information content (AvgIpc) is 2.04. The molecule has 0 amide bonds. The Hall–Kier alpha value is -1.16. The van der Waals surface area contributed by atoms with E-state index in [9.17, 15) is 4.79 Å². The van der Waals surface area contributed by atoms with E-state index in [1.807, 2.05) is 0 Å². The fourth-order valence-electron chi connectivity index (χ4n) is 0.699. The fourth-order valence-corrected chi connectivity index (χ4v) is 0.800. The molecule has 0 aliphatic heterocycles. The van der Waals surface area contributed by atoms with Crippen LogP contribution in [0.3, 0.4) is 0 Å². The second-order valence-corrected chi connectivity index (χ2v) is 3.08. The Balaban J connectivity index is 2.72.